The molecule has 98 valence electrons. The predicted molar refractivity (Wildman–Crippen MR) is 53.1 cm³/mol. The van der Waals surface area contributed by atoms with Crippen molar-refractivity contribution in [3.05, 3.63) is 35.1 Å². The van der Waals surface area contributed by atoms with Gasteiger partial charge in [-0.05, 0) is 0 Å². The van der Waals surface area contributed by atoms with Gasteiger partial charge < -0.3 is 9.47 Å². The molecular weight excluding hydrogens is 253 g/mol. The van der Waals surface area contributed by atoms with Gasteiger partial charge in [0.2, 0.25) is 0 Å². The van der Waals surface area contributed by atoms with Crippen LogP contribution in [-0.2, 0) is 19.1 Å². The van der Waals surface area contributed by atoms with Gasteiger partial charge in [-0.25, -0.2) is 13.2 Å². The summed E-state index contributed by atoms with van der Waals surface area (Å²) in [6.07, 6.45) is 0. The molecule has 0 saturated carbocycles. The average molecular weight is 262 g/mol. The second-order valence-electron chi connectivity index (χ2n) is 3.26. The number of methoxy groups -OCH3 is 2. The lowest BCUT2D eigenvalue weighted by atomic mass is 9.98. The van der Waals surface area contributed by atoms with Crippen molar-refractivity contribution in [1.82, 2.24) is 0 Å². The van der Waals surface area contributed by atoms with Crippen LogP contribution in [0.2, 0.25) is 0 Å². The van der Waals surface area contributed by atoms with Gasteiger partial charge in [0.15, 0.2) is 5.92 Å². The first kappa shape index (κ1) is 14.0. The molecule has 0 amide bonds. The minimum Gasteiger partial charge on any atom is -0.468 e. The van der Waals surface area contributed by atoms with Gasteiger partial charge in [-0.2, -0.15) is 0 Å². The quantitative estimate of drug-likeness (QED) is 0.612. The Balaban J connectivity index is 3.38. The van der Waals surface area contributed by atoms with Gasteiger partial charge >= 0.3 is 11.9 Å². The van der Waals surface area contributed by atoms with E-state index in [2.05, 4.69) is 9.47 Å². The molecule has 0 aliphatic rings. The molecule has 18 heavy (non-hydrogen) atoms. The second-order valence-corrected chi connectivity index (χ2v) is 3.26. The van der Waals surface area contributed by atoms with Gasteiger partial charge in [-0.3, -0.25) is 9.59 Å². The van der Waals surface area contributed by atoms with E-state index in [4.69, 9.17) is 0 Å². The van der Waals surface area contributed by atoms with Gasteiger partial charge in [0.25, 0.3) is 0 Å². The van der Waals surface area contributed by atoms with Crippen LogP contribution in [0.15, 0.2) is 12.1 Å². The molecule has 0 bridgehead atoms. The van der Waals surface area contributed by atoms with Crippen molar-refractivity contribution in [2.75, 3.05) is 14.2 Å². The first-order valence-corrected chi connectivity index (χ1v) is 4.72. The topological polar surface area (TPSA) is 52.6 Å². The molecule has 4 nitrogen and oxygen atoms in total. The highest BCUT2D eigenvalue weighted by Crippen LogP contribution is 2.26. The lowest BCUT2D eigenvalue weighted by Crippen LogP contribution is -2.26. The third-order valence-electron chi connectivity index (χ3n) is 2.21. The van der Waals surface area contributed by atoms with E-state index in [9.17, 15) is 22.8 Å². The lowest BCUT2D eigenvalue weighted by molar-refractivity contribution is -0.154. The highest BCUT2D eigenvalue weighted by Gasteiger charge is 2.35. The molecule has 0 aliphatic carbocycles. The van der Waals surface area contributed by atoms with Gasteiger partial charge in [0.1, 0.15) is 17.5 Å². The summed E-state index contributed by atoms with van der Waals surface area (Å²) in [6, 6.07) is 0.717. The number of ether oxygens (including phenoxy) is 2. The maximum atomic E-state index is 13.5. The predicted octanol–water partition coefficient (Wildman–Crippen LogP) is 1.53. The van der Waals surface area contributed by atoms with Crippen molar-refractivity contribution < 1.29 is 32.2 Å². The molecule has 7 heteroatoms. The molecular formula is C11H9F3O4. The van der Waals surface area contributed by atoms with Crippen LogP contribution in [0.25, 0.3) is 0 Å². The molecule has 0 heterocycles. The van der Waals surface area contributed by atoms with Crippen LogP contribution in [0.5, 0.6) is 0 Å². The summed E-state index contributed by atoms with van der Waals surface area (Å²) in [5, 5.41) is 0. The largest absolute Gasteiger partial charge is 0.468 e. The fraction of sp³-hybridized carbons (Fsp3) is 0.273. The van der Waals surface area contributed by atoms with Crippen LogP contribution in [0, 0.1) is 17.5 Å². The number of halogens is 3. The minimum atomic E-state index is -1.93. The Morgan fingerprint density at radius 1 is 1.00 bits per heavy atom. The van der Waals surface area contributed by atoms with Gasteiger partial charge in [-0.15, -0.1) is 0 Å². The molecule has 1 rings (SSSR count). The normalized spacial score (nSPS) is 10.3. The average Bonchev–Trinajstić information content (AvgIpc) is 2.31. The summed E-state index contributed by atoms with van der Waals surface area (Å²) in [4.78, 5) is 22.7. The van der Waals surface area contributed by atoms with Crippen LogP contribution < -0.4 is 0 Å². The van der Waals surface area contributed by atoms with E-state index in [0.29, 0.717) is 12.1 Å². The zero-order valence-corrected chi connectivity index (χ0v) is 9.50. The van der Waals surface area contributed by atoms with Crippen LogP contribution >= 0.6 is 0 Å². The first-order valence-electron chi connectivity index (χ1n) is 4.72. The summed E-state index contributed by atoms with van der Waals surface area (Å²) in [5.41, 5.74) is -0.907. The van der Waals surface area contributed by atoms with E-state index in [1.54, 1.807) is 0 Å². The monoisotopic (exact) mass is 262 g/mol. The Labute approximate surface area is 100 Å². The smallest absolute Gasteiger partial charge is 0.324 e. The number of carbonyl (C=O) groups excluding carboxylic acids is 2. The van der Waals surface area contributed by atoms with E-state index < -0.39 is 40.9 Å². The number of hydrogen-bond donors (Lipinski definition) is 0. The van der Waals surface area contributed by atoms with Gasteiger partial charge in [0.05, 0.1) is 14.2 Å². The number of benzene rings is 1. The van der Waals surface area contributed by atoms with Crippen molar-refractivity contribution in [3.8, 4) is 0 Å². The van der Waals surface area contributed by atoms with Crippen molar-refractivity contribution >= 4 is 11.9 Å². The molecule has 1 aromatic rings. The van der Waals surface area contributed by atoms with E-state index in [-0.39, 0.29) is 0 Å². The van der Waals surface area contributed by atoms with E-state index in [1.807, 2.05) is 0 Å². The Morgan fingerprint density at radius 2 is 1.39 bits per heavy atom. The maximum absolute atomic E-state index is 13.5. The molecule has 1 aromatic carbocycles. The molecule has 0 unspecified atom stereocenters. The molecule has 0 saturated heterocycles. The lowest BCUT2D eigenvalue weighted by Gasteiger charge is -2.14. The maximum Gasteiger partial charge on any atom is 0.324 e. The van der Waals surface area contributed by atoms with E-state index in [0.717, 1.165) is 14.2 Å². The fourth-order valence-electron chi connectivity index (χ4n) is 1.40. The first-order chi connectivity index (χ1) is 8.42. The summed E-state index contributed by atoms with van der Waals surface area (Å²) >= 11 is 0. The van der Waals surface area contributed by atoms with Crippen LogP contribution in [0.4, 0.5) is 13.2 Å². The highest BCUT2D eigenvalue weighted by molar-refractivity contribution is 6.00. The summed E-state index contributed by atoms with van der Waals surface area (Å²) in [7, 11) is 1.88. The number of hydrogen-bond acceptors (Lipinski definition) is 4. The third-order valence-corrected chi connectivity index (χ3v) is 2.21. The zero-order valence-electron chi connectivity index (χ0n) is 9.50. The molecule has 0 aromatic heterocycles. The van der Waals surface area contributed by atoms with Gasteiger partial charge in [-0.1, -0.05) is 0 Å². The van der Waals surface area contributed by atoms with Crippen molar-refractivity contribution in [3.63, 3.8) is 0 Å². The molecule has 0 atom stereocenters. The Kier molecular flexibility index (Phi) is 4.30. The van der Waals surface area contributed by atoms with Crippen molar-refractivity contribution in [1.29, 1.82) is 0 Å². The standard InChI is InChI=1S/C11H9F3O4/c1-17-10(15)9(11(16)18-2)8-6(13)3-5(12)4-7(8)14/h3-4,9H,1-2H3. The summed E-state index contributed by atoms with van der Waals surface area (Å²) < 4.78 is 48.2. The van der Waals surface area contributed by atoms with Crippen LogP contribution in [0.1, 0.15) is 11.5 Å². The van der Waals surface area contributed by atoms with Crippen LogP contribution in [0.3, 0.4) is 0 Å². The molecule has 0 aliphatic heterocycles. The SMILES string of the molecule is COC(=O)C(C(=O)OC)c1c(F)cc(F)cc1F. The van der Waals surface area contributed by atoms with Crippen molar-refractivity contribution in [2.45, 2.75) is 5.92 Å². The molecule has 0 spiro atoms. The Hall–Kier alpha value is -2.05. The van der Waals surface area contributed by atoms with Gasteiger partial charge in [0, 0.05) is 17.7 Å². The second kappa shape index (κ2) is 5.52. The zero-order chi connectivity index (χ0) is 13.9. The molecule has 0 N–H and O–H groups in total. The highest BCUT2D eigenvalue weighted by atomic mass is 19.1. The van der Waals surface area contributed by atoms with E-state index >= 15 is 0 Å². The number of rotatable bonds is 3. The number of esters is 2. The molecule has 0 radical (unpaired) electrons. The summed E-state index contributed by atoms with van der Waals surface area (Å²) in [6.45, 7) is 0. The fourth-order valence-corrected chi connectivity index (χ4v) is 1.40. The third kappa shape index (κ3) is 2.61. The van der Waals surface area contributed by atoms with Crippen LogP contribution in [-0.4, -0.2) is 26.2 Å². The Morgan fingerprint density at radius 3 is 1.72 bits per heavy atom. The summed E-state index contributed by atoms with van der Waals surface area (Å²) in [5.74, 6) is -8.23. The van der Waals surface area contributed by atoms with Crippen molar-refractivity contribution in [2.24, 2.45) is 0 Å². The minimum absolute atomic E-state index is 0.358. The molecule has 0 fully saturated rings. The number of carbonyl (C=O) groups is 2. The van der Waals surface area contributed by atoms with E-state index in [1.165, 1.54) is 0 Å². The Bertz CT molecular complexity index is 448.